The Hall–Kier alpha value is -4.13. The molecule has 0 bridgehead atoms. The molecular formula is C25H22FN3O3. The van der Waals surface area contributed by atoms with Gasteiger partial charge in [-0.1, -0.05) is 12.1 Å². The Bertz CT molecular complexity index is 1240. The van der Waals surface area contributed by atoms with E-state index in [1.165, 1.54) is 18.4 Å². The van der Waals surface area contributed by atoms with Gasteiger partial charge in [-0.05, 0) is 74.0 Å². The van der Waals surface area contributed by atoms with Gasteiger partial charge in [0.2, 0.25) is 0 Å². The van der Waals surface area contributed by atoms with Gasteiger partial charge in [0.1, 0.15) is 5.82 Å². The first kappa shape index (κ1) is 21.1. The van der Waals surface area contributed by atoms with Gasteiger partial charge in [-0.2, -0.15) is 0 Å². The standard InChI is InChI=1S/C25H22FN3O3/c1-16-14-22(17(2)29(16)21-11-7-19(26)8-12-21)24(30)27-15-18-5-9-20(10-6-18)28-25(31)23-4-3-13-32-23/h3-14H,15H2,1-2H3,(H,27,30)(H,28,31). The van der Waals surface area contributed by atoms with Crippen molar-refractivity contribution in [3.8, 4) is 5.69 Å². The maximum absolute atomic E-state index is 13.3. The number of carbonyl (C=O) groups is 2. The Morgan fingerprint density at radius 3 is 2.34 bits per heavy atom. The summed E-state index contributed by atoms with van der Waals surface area (Å²) in [7, 11) is 0. The van der Waals surface area contributed by atoms with E-state index in [0.29, 0.717) is 17.8 Å². The zero-order chi connectivity index (χ0) is 22.7. The maximum atomic E-state index is 13.3. The predicted molar refractivity (Wildman–Crippen MR) is 119 cm³/mol. The van der Waals surface area contributed by atoms with Gasteiger partial charge in [0.05, 0.1) is 11.8 Å². The van der Waals surface area contributed by atoms with Crippen LogP contribution in [0.5, 0.6) is 0 Å². The molecule has 0 aliphatic heterocycles. The summed E-state index contributed by atoms with van der Waals surface area (Å²) in [6.45, 7) is 4.11. The highest BCUT2D eigenvalue weighted by molar-refractivity contribution is 6.02. The molecule has 4 aromatic rings. The van der Waals surface area contributed by atoms with Crippen LogP contribution in [0.25, 0.3) is 5.69 Å². The molecule has 2 aromatic carbocycles. The zero-order valence-electron chi connectivity index (χ0n) is 17.7. The molecule has 2 heterocycles. The van der Waals surface area contributed by atoms with E-state index in [-0.39, 0.29) is 23.4 Å². The van der Waals surface area contributed by atoms with Crippen molar-refractivity contribution in [2.75, 3.05) is 5.32 Å². The lowest BCUT2D eigenvalue weighted by atomic mass is 10.2. The van der Waals surface area contributed by atoms with Crippen molar-refractivity contribution >= 4 is 17.5 Å². The second kappa shape index (κ2) is 8.93. The number of furan rings is 1. The second-order valence-electron chi connectivity index (χ2n) is 7.41. The summed E-state index contributed by atoms with van der Waals surface area (Å²) in [5.74, 6) is -0.588. The lowest BCUT2D eigenvalue weighted by Crippen LogP contribution is -2.23. The molecule has 0 spiro atoms. The summed E-state index contributed by atoms with van der Waals surface area (Å²) in [5.41, 5.74) is 4.55. The summed E-state index contributed by atoms with van der Waals surface area (Å²) in [6.07, 6.45) is 1.44. The molecule has 0 unspecified atom stereocenters. The third-order valence-corrected chi connectivity index (χ3v) is 5.17. The van der Waals surface area contributed by atoms with Crippen molar-refractivity contribution < 1.29 is 18.4 Å². The molecular weight excluding hydrogens is 409 g/mol. The third kappa shape index (κ3) is 4.46. The van der Waals surface area contributed by atoms with Gasteiger partial charge in [0.15, 0.2) is 5.76 Å². The quantitative estimate of drug-likeness (QED) is 0.451. The van der Waals surface area contributed by atoms with Gasteiger partial charge >= 0.3 is 0 Å². The first-order valence-electron chi connectivity index (χ1n) is 10.1. The Morgan fingerprint density at radius 2 is 1.69 bits per heavy atom. The van der Waals surface area contributed by atoms with Gasteiger partial charge in [0, 0.05) is 29.3 Å². The number of carbonyl (C=O) groups excluding carboxylic acids is 2. The molecule has 2 aromatic heterocycles. The Kier molecular flexibility index (Phi) is 5.89. The first-order chi connectivity index (χ1) is 15.4. The number of hydrogen-bond donors (Lipinski definition) is 2. The molecule has 7 heteroatoms. The van der Waals surface area contributed by atoms with E-state index in [0.717, 1.165) is 22.6 Å². The van der Waals surface area contributed by atoms with E-state index >= 15 is 0 Å². The van der Waals surface area contributed by atoms with Gasteiger partial charge < -0.3 is 19.6 Å². The molecule has 0 saturated heterocycles. The number of benzene rings is 2. The van der Waals surface area contributed by atoms with Crippen LogP contribution < -0.4 is 10.6 Å². The summed E-state index contributed by atoms with van der Waals surface area (Å²) >= 11 is 0. The number of nitrogens with one attached hydrogen (secondary N) is 2. The Labute approximate surface area is 184 Å². The van der Waals surface area contributed by atoms with Crippen molar-refractivity contribution in [1.29, 1.82) is 0 Å². The molecule has 0 aliphatic rings. The van der Waals surface area contributed by atoms with Crippen molar-refractivity contribution in [1.82, 2.24) is 9.88 Å². The number of amides is 2. The Balaban J connectivity index is 1.40. The molecule has 0 atom stereocenters. The average molecular weight is 431 g/mol. The van der Waals surface area contributed by atoms with E-state index in [2.05, 4.69) is 10.6 Å². The number of hydrogen-bond acceptors (Lipinski definition) is 3. The fourth-order valence-corrected chi connectivity index (χ4v) is 3.56. The lowest BCUT2D eigenvalue weighted by Gasteiger charge is -2.10. The van der Waals surface area contributed by atoms with E-state index in [1.807, 2.05) is 36.6 Å². The minimum Gasteiger partial charge on any atom is -0.459 e. The fraction of sp³-hybridized carbons (Fsp3) is 0.120. The highest BCUT2D eigenvalue weighted by Gasteiger charge is 2.16. The van der Waals surface area contributed by atoms with Crippen LogP contribution in [0, 0.1) is 19.7 Å². The van der Waals surface area contributed by atoms with E-state index in [9.17, 15) is 14.0 Å². The first-order valence-corrected chi connectivity index (χ1v) is 10.1. The summed E-state index contributed by atoms with van der Waals surface area (Å²) in [5, 5.41) is 5.68. The molecule has 0 radical (unpaired) electrons. The zero-order valence-corrected chi connectivity index (χ0v) is 17.7. The largest absolute Gasteiger partial charge is 0.459 e. The highest BCUT2D eigenvalue weighted by atomic mass is 19.1. The van der Waals surface area contributed by atoms with Crippen LogP contribution >= 0.6 is 0 Å². The Morgan fingerprint density at radius 1 is 0.969 bits per heavy atom. The van der Waals surface area contributed by atoms with Gasteiger partial charge in [-0.3, -0.25) is 9.59 Å². The summed E-state index contributed by atoms with van der Waals surface area (Å²) in [4.78, 5) is 24.8. The molecule has 162 valence electrons. The number of nitrogens with zero attached hydrogens (tertiary/aromatic N) is 1. The monoisotopic (exact) mass is 431 g/mol. The molecule has 6 nitrogen and oxygen atoms in total. The van der Waals surface area contributed by atoms with Crippen LogP contribution in [0.1, 0.15) is 37.9 Å². The van der Waals surface area contributed by atoms with Crippen LogP contribution in [0.2, 0.25) is 0 Å². The molecule has 0 aliphatic carbocycles. The summed E-state index contributed by atoms with van der Waals surface area (Å²) < 4.78 is 20.2. The van der Waals surface area contributed by atoms with Crippen LogP contribution in [-0.4, -0.2) is 16.4 Å². The van der Waals surface area contributed by atoms with Crippen molar-refractivity contribution in [2.24, 2.45) is 0 Å². The van der Waals surface area contributed by atoms with E-state index in [1.54, 1.807) is 36.4 Å². The molecule has 4 rings (SSSR count). The normalized spacial score (nSPS) is 10.7. The molecule has 2 amide bonds. The molecule has 0 fully saturated rings. The van der Waals surface area contributed by atoms with Gasteiger partial charge in [0.25, 0.3) is 11.8 Å². The van der Waals surface area contributed by atoms with E-state index in [4.69, 9.17) is 4.42 Å². The topological polar surface area (TPSA) is 76.3 Å². The highest BCUT2D eigenvalue weighted by Crippen LogP contribution is 2.21. The predicted octanol–water partition coefficient (Wildman–Crippen LogP) is 5.01. The minimum atomic E-state index is -0.326. The SMILES string of the molecule is Cc1cc(C(=O)NCc2ccc(NC(=O)c3ccco3)cc2)c(C)n1-c1ccc(F)cc1. The minimum absolute atomic E-state index is 0.193. The van der Waals surface area contributed by atoms with Crippen LogP contribution in [-0.2, 0) is 6.54 Å². The van der Waals surface area contributed by atoms with Crippen molar-refractivity contribution in [3.63, 3.8) is 0 Å². The van der Waals surface area contributed by atoms with E-state index < -0.39 is 0 Å². The fourth-order valence-electron chi connectivity index (χ4n) is 3.56. The van der Waals surface area contributed by atoms with Crippen molar-refractivity contribution in [3.05, 3.63) is 107 Å². The summed E-state index contributed by atoms with van der Waals surface area (Å²) in [6, 6.07) is 18.4. The molecule has 0 saturated carbocycles. The van der Waals surface area contributed by atoms with Crippen LogP contribution in [0.15, 0.2) is 77.4 Å². The smallest absolute Gasteiger partial charge is 0.291 e. The van der Waals surface area contributed by atoms with Gasteiger partial charge in [-0.25, -0.2) is 4.39 Å². The molecule has 2 N–H and O–H groups in total. The number of halogens is 1. The number of anilines is 1. The number of aromatic nitrogens is 1. The number of rotatable bonds is 6. The number of aryl methyl sites for hydroxylation is 1. The maximum Gasteiger partial charge on any atom is 0.291 e. The third-order valence-electron chi connectivity index (χ3n) is 5.17. The van der Waals surface area contributed by atoms with Crippen LogP contribution in [0.4, 0.5) is 10.1 Å². The van der Waals surface area contributed by atoms with Crippen molar-refractivity contribution in [2.45, 2.75) is 20.4 Å². The lowest BCUT2D eigenvalue weighted by molar-refractivity contribution is 0.0949. The average Bonchev–Trinajstić information content (AvgIpc) is 3.42. The second-order valence-corrected chi connectivity index (χ2v) is 7.41. The molecule has 32 heavy (non-hydrogen) atoms. The van der Waals surface area contributed by atoms with Gasteiger partial charge in [-0.15, -0.1) is 0 Å². The van der Waals surface area contributed by atoms with Crippen LogP contribution in [0.3, 0.4) is 0 Å².